The molecule has 0 atom stereocenters. The molecule has 2 aromatic carbocycles. The molecule has 1 N–H and O–H groups in total. The van der Waals surface area contributed by atoms with Crippen LogP contribution in [0.3, 0.4) is 0 Å². The lowest BCUT2D eigenvalue weighted by Gasteiger charge is -2.17. The number of anilines is 1. The van der Waals surface area contributed by atoms with Crippen LogP contribution in [0.5, 0.6) is 0 Å². The Balaban J connectivity index is 1.41. The molecule has 0 spiro atoms. The van der Waals surface area contributed by atoms with Crippen LogP contribution in [0.15, 0.2) is 59.8 Å². The van der Waals surface area contributed by atoms with Crippen molar-refractivity contribution in [1.29, 1.82) is 0 Å². The third kappa shape index (κ3) is 5.46. The molecule has 1 saturated carbocycles. The Morgan fingerprint density at radius 2 is 1.72 bits per heavy atom. The molecule has 0 aliphatic heterocycles. The Morgan fingerprint density at radius 3 is 2.34 bits per heavy atom. The van der Waals surface area contributed by atoms with Crippen LogP contribution in [0.4, 0.5) is 5.69 Å². The van der Waals surface area contributed by atoms with Gasteiger partial charge in [-0.3, -0.25) is 9.59 Å². The van der Waals surface area contributed by atoms with Gasteiger partial charge in [0.15, 0.2) is 10.9 Å². The summed E-state index contributed by atoms with van der Waals surface area (Å²) in [6, 6.07) is 17.3. The fraction of sp³-hybridized carbons (Fsp3) is 0.360. The maximum atomic E-state index is 12.8. The average Bonchev–Trinajstić information content (AvgIpc) is 3.54. The summed E-state index contributed by atoms with van der Waals surface area (Å²) in [5.74, 6) is 1.74. The average molecular weight is 449 g/mol. The van der Waals surface area contributed by atoms with Gasteiger partial charge in [-0.1, -0.05) is 62.9 Å². The molecule has 1 amide bonds. The van der Waals surface area contributed by atoms with E-state index in [9.17, 15) is 9.59 Å². The Kier molecular flexibility index (Phi) is 6.46. The van der Waals surface area contributed by atoms with Crippen LogP contribution in [-0.4, -0.2) is 32.2 Å². The van der Waals surface area contributed by atoms with Crippen molar-refractivity contribution >= 4 is 29.1 Å². The van der Waals surface area contributed by atoms with Crippen LogP contribution in [0.25, 0.3) is 0 Å². The highest BCUT2D eigenvalue weighted by Crippen LogP contribution is 2.40. The third-order valence-electron chi connectivity index (χ3n) is 5.35. The highest BCUT2D eigenvalue weighted by Gasteiger charge is 2.30. The zero-order valence-electron chi connectivity index (χ0n) is 18.7. The van der Waals surface area contributed by atoms with E-state index in [0.717, 1.165) is 23.8 Å². The molecule has 0 unspecified atom stereocenters. The third-order valence-corrected chi connectivity index (χ3v) is 6.32. The number of carbonyl (C=O) groups excluding carboxylic acids is 2. The van der Waals surface area contributed by atoms with Crippen LogP contribution < -0.4 is 5.32 Å². The second-order valence-corrected chi connectivity index (χ2v) is 10.1. The largest absolute Gasteiger partial charge is 0.326 e. The number of aromatic nitrogens is 3. The molecule has 0 saturated heterocycles. The molecule has 32 heavy (non-hydrogen) atoms. The van der Waals surface area contributed by atoms with Crippen molar-refractivity contribution in [2.24, 2.45) is 5.41 Å². The van der Waals surface area contributed by atoms with Crippen molar-refractivity contribution in [3.63, 3.8) is 0 Å². The van der Waals surface area contributed by atoms with E-state index < -0.39 is 5.41 Å². The molecule has 7 heteroatoms. The molecule has 1 heterocycles. The van der Waals surface area contributed by atoms with Gasteiger partial charge in [-0.2, -0.15) is 0 Å². The minimum Gasteiger partial charge on any atom is -0.326 e. The summed E-state index contributed by atoms with van der Waals surface area (Å²) in [5.41, 5.74) is 2.02. The highest BCUT2D eigenvalue weighted by molar-refractivity contribution is 7.99. The van der Waals surface area contributed by atoms with Gasteiger partial charge in [0, 0.05) is 22.6 Å². The summed E-state index contributed by atoms with van der Waals surface area (Å²) in [7, 11) is 0. The molecule has 0 bridgehead atoms. The number of nitrogens with zero attached hydrogens (tertiary/aromatic N) is 3. The first kappa shape index (κ1) is 22.3. The predicted octanol–water partition coefficient (Wildman–Crippen LogP) is 5.16. The van der Waals surface area contributed by atoms with E-state index in [1.807, 2.05) is 39.0 Å². The van der Waals surface area contributed by atoms with Crippen LogP contribution in [0.1, 0.15) is 61.3 Å². The van der Waals surface area contributed by atoms with E-state index in [1.165, 1.54) is 17.3 Å². The van der Waals surface area contributed by atoms with E-state index in [4.69, 9.17) is 0 Å². The van der Waals surface area contributed by atoms with Crippen molar-refractivity contribution in [2.75, 3.05) is 11.1 Å². The van der Waals surface area contributed by atoms with Gasteiger partial charge in [-0.15, -0.1) is 10.2 Å². The number of benzene rings is 2. The molecule has 1 aromatic heterocycles. The molecule has 166 valence electrons. The van der Waals surface area contributed by atoms with Crippen LogP contribution in [-0.2, 0) is 11.3 Å². The molecule has 6 nitrogen and oxygen atoms in total. The molecular formula is C25H28N4O2S. The molecule has 3 aromatic rings. The monoisotopic (exact) mass is 448 g/mol. The molecule has 4 rings (SSSR count). The zero-order chi connectivity index (χ0) is 22.7. The SMILES string of the molecule is CC(C)(C)C(=O)Nc1ccc(C(=O)CSc2nnc(C3CC3)n2Cc2ccccc2)cc1. The predicted molar refractivity (Wildman–Crippen MR) is 127 cm³/mol. The van der Waals surface area contributed by atoms with E-state index in [-0.39, 0.29) is 17.4 Å². The zero-order valence-corrected chi connectivity index (χ0v) is 19.5. The molecule has 1 aliphatic rings. The first-order valence-electron chi connectivity index (χ1n) is 10.9. The van der Waals surface area contributed by atoms with Gasteiger partial charge in [0.25, 0.3) is 0 Å². The second kappa shape index (κ2) is 9.28. The van der Waals surface area contributed by atoms with Crippen molar-refractivity contribution in [3.05, 3.63) is 71.5 Å². The van der Waals surface area contributed by atoms with Crippen LogP contribution >= 0.6 is 11.8 Å². The normalized spacial score (nSPS) is 13.7. The number of hydrogen-bond acceptors (Lipinski definition) is 5. The molecular weight excluding hydrogens is 420 g/mol. The number of thioether (sulfide) groups is 1. The van der Waals surface area contributed by atoms with Crippen molar-refractivity contribution in [3.8, 4) is 0 Å². The fourth-order valence-corrected chi connectivity index (χ4v) is 4.08. The molecule has 1 aliphatic carbocycles. The Morgan fingerprint density at radius 1 is 1.03 bits per heavy atom. The first-order valence-corrected chi connectivity index (χ1v) is 11.8. The van der Waals surface area contributed by atoms with Gasteiger partial charge in [0.1, 0.15) is 5.82 Å². The topological polar surface area (TPSA) is 76.9 Å². The molecule has 0 radical (unpaired) electrons. The van der Waals surface area contributed by atoms with Gasteiger partial charge >= 0.3 is 0 Å². The number of nitrogens with one attached hydrogen (secondary N) is 1. The summed E-state index contributed by atoms with van der Waals surface area (Å²) in [6.45, 7) is 6.30. The van der Waals surface area contributed by atoms with E-state index in [1.54, 1.807) is 24.3 Å². The summed E-state index contributed by atoms with van der Waals surface area (Å²) < 4.78 is 2.15. The number of carbonyl (C=O) groups is 2. The quantitative estimate of drug-likeness (QED) is 0.380. The highest BCUT2D eigenvalue weighted by atomic mass is 32.2. The van der Waals surface area contributed by atoms with Gasteiger partial charge in [0.05, 0.1) is 12.3 Å². The van der Waals surface area contributed by atoms with Crippen LogP contribution in [0.2, 0.25) is 0 Å². The van der Waals surface area contributed by atoms with Crippen LogP contribution in [0, 0.1) is 5.41 Å². The van der Waals surface area contributed by atoms with Gasteiger partial charge < -0.3 is 9.88 Å². The standard InChI is InChI=1S/C25H28N4O2S/c1-25(2,3)23(31)26-20-13-11-18(12-14-20)21(30)16-32-24-28-27-22(19-9-10-19)29(24)15-17-7-5-4-6-8-17/h4-8,11-14,19H,9-10,15-16H2,1-3H3,(H,26,31). The minimum atomic E-state index is -0.472. The summed E-state index contributed by atoms with van der Waals surface area (Å²) >= 11 is 1.42. The van der Waals surface area contributed by atoms with Gasteiger partial charge in [-0.05, 0) is 42.7 Å². The van der Waals surface area contributed by atoms with E-state index in [2.05, 4.69) is 32.2 Å². The number of Topliss-reactive ketones (excluding diaryl/α,β-unsaturated/α-hetero) is 1. The minimum absolute atomic E-state index is 0.0194. The van der Waals surface area contributed by atoms with Gasteiger partial charge in [0.2, 0.25) is 5.91 Å². The van der Waals surface area contributed by atoms with Crippen molar-refractivity contribution in [2.45, 2.75) is 51.2 Å². The Labute approximate surface area is 192 Å². The number of amides is 1. The Bertz CT molecular complexity index is 1100. The number of ketones is 1. The summed E-state index contributed by atoms with van der Waals surface area (Å²) in [4.78, 5) is 24.9. The number of hydrogen-bond donors (Lipinski definition) is 1. The lowest BCUT2D eigenvalue weighted by atomic mass is 9.95. The summed E-state index contributed by atoms with van der Waals surface area (Å²) in [6.07, 6.45) is 2.29. The number of rotatable bonds is 8. The lowest BCUT2D eigenvalue weighted by Crippen LogP contribution is -2.27. The first-order chi connectivity index (χ1) is 15.3. The maximum absolute atomic E-state index is 12.8. The lowest BCUT2D eigenvalue weighted by molar-refractivity contribution is -0.123. The van der Waals surface area contributed by atoms with Gasteiger partial charge in [-0.25, -0.2) is 0 Å². The van der Waals surface area contributed by atoms with E-state index >= 15 is 0 Å². The Hall–Kier alpha value is -2.93. The smallest absolute Gasteiger partial charge is 0.229 e. The summed E-state index contributed by atoms with van der Waals surface area (Å²) in [5, 5.41) is 12.5. The fourth-order valence-electron chi connectivity index (χ4n) is 3.24. The van der Waals surface area contributed by atoms with Crippen molar-refractivity contribution in [1.82, 2.24) is 14.8 Å². The van der Waals surface area contributed by atoms with E-state index in [0.29, 0.717) is 23.7 Å². The molecule has 1 fully saturated rings. The second-order valence-electron chi connectivity index (χ2n) is 9.18. The maximum Gasteiger partial charge on any atom is 0.229 e. The van der Waals surface area contributed by atoms with Crippen molar-refractivity contribution < 1.29 is 9.59 Å².